The lowest BCUT2D eigenvalue weighted by Crippen LogP contribution is -2.37. The van der Waals surface area contributed by atoms with Gasteiger partial charge in [-0.25, -0.2) is 0 Å². The third-order valence-electron chi connectivity index (χ3n) is 5.51. The zero-order valence-corrected chi connectivity index (χ0v) is 17.6. The Labute approximate surface area is 177 Å². The molecule has 2 aliphatic rings. The van der Waals surface area contributed by atoms with Gasteiger partial charge in [0.15, 0.2) is 11.5 Å². The van der Waals surface area contributed by atoms with Gasteiger partial charge in [-0.05, 0) is 49.8 Å². The van der Waals surface area contributed by atoms with E-state index in [0.717, 1.165) is 54.6 Å². The van der Waals surface area contributed by atoms with Crippen LogP contribution >= 0.6 is 0 Å². The van der Waals surface area contributed by atoms with Crippen molar-refractivity contribution < 1.29 is 19.0 Å². The maximum Gasteiger partial charge on any atom is 0.253 e. The topological polar surface area (TPSA) is 51.2 Å². The lowest BCUT2D eigenvalue weighted by molar-refractivity contribution is -0.127. The second kappa shape index (κ2) is 9.11. The first-order chi connectivity index (χ1) is 14.7. The van der Waals surface area contributed by atoms with Gasteiger partial charge in [-0.1, -0.05) is 12.1 Å². The smallest absolute Gasteiger partial charge is 0.253 e. The Morgan fingerprint density at radius 2 is 1.90 bits per heavy atom. The number of anilines is 1. The van der Waals surface area contributed by atoms with Gasteiger partial charge in [0.2, 0.25) is 0 Å². The van der Waals surface area contributed by atoms with Crippen LogP contribution in [0.4, 0.5) is 5.69 Å². The molecule has 0 aliphatic carbocycles. The predicted molar refractivity (Wildman–Crippen MR) is 117 cm³/mol. The summed E-state index contributed by atoms with van der Waals surface area (Å²) < 4.78 is 16.8. The van der Waals surface area contributed by atoms with Crippen LogP contribution in [0.3, 0.4) is 0 Å². The predicted octanol–water partition coefficient (Wildman–Crippen LogP) is 3.61. The van der Waals surface area contributed by atoms with Crippen molar-refractivity contribution in [1.82, 2.24) is 4.90 Å². The molecule has 0 unspecified atom stereocenters. The summed E-state index contributed by atoms with van der Waals surface area (Å²) >= 11 is 0. The molecule has 0 radical (unpaired) electrons. The fourth-order valence-electron chi connectivity index (χ4n) is 3.95. The first-order valence-electron chi connectivity index (χ1n) is 10.5. The molecule has 2 heterocycles. The van der Waals surface area contributed by atoms with Gasteiger partial charge in [0, 0.05) is 37.4 Å². The van der Waals surface area contributed by atoms with E-state index in [0.29, 0.717) is 18.7 Å². The average molecular weight is 408 g/mol. The summed E-state index contributed by atoms with van der Waals surface area (Å²) in [4.78, 5) is 17.4. The van der Waals surface area contributed by atoms with Crippen molar-refractivity contribution in [1.29, 1.82) is 0 Å². The maximum atomic E-state index is 13.2. The summed E-state index contributed by atoms with van der Waals surface area (Å²) in [5.41, 5.74) is 2.74. The van der Waals surface area contributed by atoms with Crippen molar-refractivity contribution in [2.24, 2.45) is 0 Å². The fourth-order valence-corrected chi connectivity index (χ4v) is 3.95. The molecule has 4 rings (SSSR count). The third kappa shape index (κ3) is 4.22. The SMILES string of the molecule is CCOc1cccc2c1OCC(C(=O)N1CCCN(c3ccc(OC)cc3)CC1)=C2. The van der Waals surface area contributed by atoms with Gasteiger partial charge < -0.3 is 24.0 Å². The van der Waals surface area contributed by atoms with Crippen LogP contribution in [0.25, 0.3) is 6.08 Å². The van der Waals surface area contributed by atoms with E-state index in [1.807, 2.05) is 48.2 Å². The molecular weight excluding hydrogens is 380 g/mol. The highest BCUT2D eigenvalue weighted by atomic mass is 16.5. The van der Waals surface area contributed by atoms with E-state index >= 15 is 0 Å². The normalized spacial score (nSPS) is 16.1. The number of carbonyl (C=O) groups is 1. The monoisotopic (exact) mass is 408 g/mol. The highest BCUT2D eigenvalue weighted by Gasteiger charge is 2.26. The summed E-state index contributed by atoms with van der Waals surface area (Å²) in [6.45, 7) is 5.95. The van der Waals surface area contributed by atoms with E-state index in [4.69, 9.17) is 14.2 Å². The molecule has 6 nitrogen and oxygen atoms in total. The largest absolute Gasteiger partial charge is 0.497 e. The molecule has 0 N–H and O–H groups in total. The average Bonchev–Trinajstić information content (AvgIpc) is 3.05. The molecule has 1 saturated heterocycles. The molecule has 2 aromatic rings. The summed E-state index contributed by atoms with van der Waals surface area (Å²) in [7, 11) is 1.67. The Balaban J connectivity index is 1.44. The number of hydrogen-bond acceptors (Lipinski definition) is 5. The van der Waals surface area contributed by atoms with Gasteiger partial charge in [0.1, 0.15) is 12.4 Å². The van der Waals surface area contributed by atoms with Crippen LogP contribution in [0.5, 0.6) is 17.2 Å². The number of ether oxygens (including phenoxy) is 3. The lowest BCUT2D eigenvalue weighted by Gasteiger charge is -2.26. The Kier molecular flexibility index (Phi) is 6.12. The number of para-hydroxylation sites is 1. The Bertz CT molecular complexity index is 923. The molecular formula is C24H28N2O4. The quantitative estimate of drug-likeness (QED) is 0.757. The Morgan fingerprint density at radius 1 is 1.07 bits per heavy atom. The van der Waals surface area contributed by atoms with Crippen LogP contribution in [-0.4, -0.2) is 57.3 Å². The molecule has 1 amide bonds. The number of rotatable bonds is 5. The number of hydrogen-bond donors (Lipinski definition) is 0. The molecule has 2 aromatic carbocycles. The van der Waals surface area contributed by atoms with E-state index in [9.17, 15) is 4.79 Å². The second-order valence-corrected chi connectivity index (χ2v) is 7.40. The maximum absolute atomic E-state index is 13.2. The number of carbonyl (C=O) groups excluding carboxylic acids is 1. The first-order valence-corrected chi connectivity index (χ1v) is 10.5. The molecule has 0 saturated carbocycles. The van der Waals surface area contributed by atoms with Gasteiger partial charge in [-0.2, -0.15) is 0 Å². The lowest BCUT2D eigenvalue weighted by atomic mass is 10.1. The number of benzene rings is 2. The molecule has 1 fully saturated rings. The van der Waals surface area contributed by atoms with Gasteiger partial charge in [0.05, 0.1) is 19.3 Å². The van der Waals surface area contributed by atoms with Crippen molar-refractivity contribution in [3.63, 3.8) is 0 Å². The summed E-state index contributed by atoms with van der Waals surface area (Å²) in [6, 6.07) is 13.9. The molecule has 30 heavy (non-hydrogen) atoms. The minimum atomic E-state index is 0.0547. The van der Waals surface area contributed by atoms with Crippen molar-refractivity contribution in [2.75, 3.05) is 51.4 Å². The van der Waals surface area contributed by atoms with Gasteiger partial charge in [-0.3, -0.25) is 4.79 Å². The minimum absolute atomic E-state index is 0.0547. The van der Waals surface area contributed by atoms with Crippen LogP contribution < -0.4 is 19.1 Å². The second-order valence-electron chi connectivity index (χ2n) is 7.40. The third-order valence-corrected chi connectivity index (χ3v) is 5.51. The number of nitrogens with zero attached hydrogens (tertiary/aromatic N) is 2. The van der Waals surface area contributed by atoms with Crippen LogP contribution in [-0.2, 0) is 4.79 Å². The van der Waals surface area contributed by atoms with Crippen molar-refractivity contribution >= 4 is 17.7 Å². The van der Waals surface area contributed by atoms with Crippen molar-refractivity contribution in [3.8, 4) is 17.2 Å². The van der Waals surface area contributed by atoms with Crippen molar-refractivity contribution in [2.45, 2.75) is 13.3 Å². The highest BCUT2D eigenvalue weighted by molar-refractivity contribution is 5.99. The van der Waals surface area contributed by atoms with Gasteiger partial charge in [0.25, 0.3) is 5.91 Å². The van der Waals surface area contributed by atoms with E-state index in [-0.39, 0.29) is 12.5 Å². The number of methoxy groups -OCH3 is 1. The summed E-state index contributed by atoms with van der Waals surface area (Å²) in [5, 5.41) is 0. The summed E-state index contributed by atoms with van der Waals surface area (Å²) in [6.07, 6.45) is 2.87. The van der Waals surface area contributed by atoms with Crippen LogP contribution in [0.15, 0.2) is 48.0 Å². The molecule has 0 atom stereocenters. The number of fused-ring (bicyclic) bond motifs is 1. The van der Waals surface area contributed by atoms with Gasteiger partial charge in [-0.15, -0.1) is 0 Å². The zero-order valence-electron chi connectivity index (χ0n) is 17.6. The standard InChI is InChI=1S/C24H28N2O4/c1-3-29-22-7-4-6-18-16-19(17-30-23(18)22)24(27)26-13-5-12-25(14-15-26)20-8-10-21(28-2)11-9-20/h4,6-11,16H,3,5,12-15,17H2,1-2H3. The van der Waals surface area contributed by atoms with Crippen LogP contribution in [0, 0.1) is 0 Å². The highest BCUT2D eigenvalue weighted by Crippen LogP contribution is 2.36. The fraction of sp³-hybridized carbons (Fsp3) is 0.375. The molecule has 158 valence electrons. The van der Waals surface area contributed by atoms with E-state index in [2.05, 4.69) is 17.0 Å². The minimum Gasteiger partial charge on any atom is -0.497 e. The van der Waals surface area contributed by atoms with Gasteiger partial charge >= 0.3 is 0 Å². The number of amides is 1. The molecule has 0 spiro atoms. The molecule has 0 bridgehead atoms. The molecule has 2 aliphatic heterocycles. The zero-order chi connectivity index (χ0) is 20.9. The first kappa shape index (κ1) is 20.1. The van der Waals surface area contributed by atoms with E-state index in [1.165, 1.54) is 0 Å². The van der Waals surface area contributed by atoms with E-state index in [1.54, 1.807) is 7.11 Å². The Hall–Kier alpha value is -3.15. The molecule has 6 heteroatoms. The van der Waals surface area contributed by atoms with Crippen LogP contribution in [0.1, 0.15) is 18.9 Å². The summed E-state index contributed by atoms with van der Waals surface area (Å²) in [5.74, 6) is 2.35. The molecule has 0 aromatic heterocycles. The van der Waals surface area contributed by atoms with Crippen LogP contribution in [0.2, 0.25) is 0 Å². The van der Waals surface area contributed by atoms with Crippen molar-refractivity contribution in [3.05, 3.63) is 53.6 Å². The Morgan fingerprint density at radius 3 is 2.67 bits per heavy atom. The van der Waals surface area contributed by atoms with E-state index < -0.39 is 0 Å².